The molecular formula is C11H18N2O3. The minimum absolute atomic E-state index is 0.0138. The van der Waals surface area contributed by atoms with Gasteiger partial charge in [0.25, 0.3) is 0 Å². The molecule has 2 atom stereocenters. The topological polar surface area (TPSA) is 69.6 Å². The fourth-order valence-corrected chi connectivity index (χ4v) is 1.87. The van der Waals surface area contributed by atoms with Crippen molar-refractivity contribution in [1.29, 1.82) is 0 Å². The summed E-state index contributed by atoms with van der Waals surface area (Å²) in [4.78, 5) is 24.0. The van der Waals surface area contributed by atoms with Crippen LogP contribution in [0.15, 0.2) is 12.7 Å². The third-order valence-electron chi connectivity index (χ3n) is 2.69. The number of hydrogen-bond acceptors (Lipinski definition) is 2. The second-order valence-electron chi connectivity index (χ2n) is 4.06. The lowest BCUT2D eigenvalue weighted by atomic mass is 10.2. The molecule has 1 rings (SSSR count). The molecule has 5 nitrogen and oxygen atoms in total. The molecule has 0 spiro atoms. The van der Waals surface area contributed by atoms with Crippen molar-refractivity contribution in [2.24, 2.45) is 0 Å². The SMILES string of the molecule is C=CCC(C)NC(=O)N1CCC[C@H]1C(=O)O. The van der Waals surface area contributed by atoms with Crippen molar-refractivity contribution in [3.63, 3.8) is 0 Å². The van der Waals surface area contributed by atoms with E-state index in [4.69, 9.17) is 5.11 Å². The lowest BCUT2D eigenvalue weighted by Crippen LogP contribution is -2.48. The molecule has 5 heteroatoms. The van der Waals surface area contributed by atoms with Crippen molar-refractivity contribution in [3.05, 3.63) is 12.7 Å². The number of nitrogens with zero attached hydrogens (tertiary/aromatic N) is 1. The van der Waals surface area contributed by atoms with Gasteiger partial charge in [0.2, 0.25) is 0 Å². The highest BCUT2D eigenvalue weighted by Crippen LogP contribution is 2.17. The van der Waals surface area contributed by atoms with Gasteiger partial charge in [-0.15, -0.1) is 6.58 Å². The van der Waals surface area contributed by atoms with E-state index in [9.17, 15) is 9.59 Å². The number of carbonyl (C=O) groups is 2. The number of hydrogen-bond donors (Lipinski definition) is 2. The Morgan fingerprint density at radius 2 is 2.38 bits per heavy atom. The smallest absolute Gasteiger partial charge is 0.326 e. The molecule has 1 heterocycles. The second-order valence-corrected chi connectivity index (χ2v) is 4.06. The molecule has 0 aromatic carbocycles. The summed E-state index contributed by atoms with van der Waals surface area (Å²) in [5, 5.41) is 11.7. The maximum Gasteiger partial charge on any atom is 0.326 e. The van der Waals surface area contributed by atoms with Gasteiger partial charge in [0.05, 0.1) is 0 Å². The highest BCUT2D eigenvalue weighted by Gasteiger charge is 2.34. The van der Waals surface area contributed by atoms with Crippen LogP contribution in [-0.4, -0.2) is 40.6 Å². The predicted molar refractivity (Wildman–Crippen MR) is 60.2 cm³/mol. The molecule has 0 radical (unpaired) electrons. The van der Waals surface area contributed by atoms with Gasteiger partial charge in [0, 0.05) is 12.6 Å². The standard InChI is InChI=1S/C11H18N2O3/c1-3-5-8(2)12-11(16)13-7-4-6-9(13)10(14)15/h3,8-9H,1,4-7H2,2H3,(H,12,16)(H,14,15)/t8?,9-/m0/s1. The predicted octanol–water partition coefficient (Wildman–Crippen LogP) is 1.21. The van der Waals surface area contributed by atoms with Crippen LogP contribution in [0, 0.1) is 0 Å². The van der Waals surface area contributed by atoms with Crippen LogP contribution in [0.5, 0.6) is 0 Å². The lowest BCUT2D eigenvalue weighted by Gasteiger charge is -2.23. The number of rotatable bonds is 4. The first kappa shape index (κ1) is 12.5. The Balaban J connectivity index is 2.52. The van der Waals surface area contributed by atoms with Crippen molar-refractivity contribution < 1.29 is 14.7 Å². The van der Waals surface area contributed by atoms with Crippen LogP contribution in [0.2, 0.25) is 0 Å². The van der Waals surface area contributed by atoms with Gasteiger partial charge in [-0.05, 0) is 26.2 Å². The summed E-state index contributed by atoms with van der Waals surface area (Å²) >= 11 is 0. The van der Waals surface area contributed by atoms with E-state index in [1.807, 2.05) is 6.92 Å². The zero-order chi connectivity index (χ0) is 12.1. The van der Waals surface area contributed by atoms with Crippen LogP contribution in [0.3, 0.4) is 0 Å². The Morgan fingerprint density at radius 1 is 1.69 bits per heavy atom. The molecular weight excluding hydrogens is 208 g/mol. The van der Waals surface area contributed by atoms with Crippen molar-refractivity contribution in [3.8, 4) is 0 Å². The van der Waals surface area contributed by atoms with Gasteiger partial charge in [-0.25, -0.2) is 9.59 Å². The summed E-state index contributed by atoms with van der Waals surface area (Å²) in [6.45, 7) is 5.97. The molecule has 0 bridgehead atoms. The summed E-state index contributed by atoms with van der Waals surface area (Å²) < 4.78 is 0. The first-order valence-electron chi connectivity index (χ1n) is 5.47. The van der Waals surface area contributed by atoms with E-state index >= 15 is 0 Å². The number of urea groups is 1. The molecule has 0 aliphatic carbocycles. The van der Waals surface area contributed by atoms with Crippen molar-refractivity contribution in [1.82, 2.24) is 10.2 Å². The monoisotopic (exact) mass is 226 g/mol. The number of carbonyl (C=O) groups excluding carboxylic acids is 1. The third kappa shape index (κ3) is 2.98. The van der Waals surface area contributed by atoms with E-state index in [1.54, 1.807) is 6.08 Å². The zero-order valence-electron chi connectivity index (χ0n) is 9.48. The molecule has 1 aliphatic heterocycles. The normalized spacial score (nSPS) is 21.6. The van der Waals surface area contributed by atoms with Gasteiger partial charge in [0.1, 0.15) is 6.04 Å². The minimum atomic E-state index is -0.927. The quantitative estimate of drug-likeness (QED) is 0.708. The van der Waals surface area contributed by atoms with E-state index in [0.29, 0.717) is 19.4 Å². The Kier molecular flexibility index (Phi) is 4.34. The average Bonchev–Trinajstić information content (AvgIpc) is 2.65. The van der Waals surface area contributed by atoms with E-state index in [-0.39, 0.29) is 12.1 Å². The van der Waals surface area contributed by atoms with Crippen LogP contribution < -0.4 is 5.32 Å². The Labute approximate surface area is 95.1 Å². The van der Waals surface area contributed by atoms with E-state index in [0.717, 1.165) is 6.42 Å². The van der Waals surface area contributed by atoms with Crippen molar-refractivity contribution in [2.45, 2.75) is 38.3 Å². The first-order valence-corrected chi connectivity index (χ1v) is 5.47. The molecule has 0 saturated carbocycles. The number of carboxylic acids is 1. The Morgan fingerprint density at radius 3 is 2.94 bits per heavy atom. The van der Waals surface area contributed by atoms with Crippen LogP contribution in [0.4, 0.5) is 4.79 Å². The van der Waals surface area contributed by atoms with E-state index in [2.05, 4.69) is 11.9 Å². The number of aliphatic carboxylic acids is 1. The number of likely N-dealkylation sites (tertiary alicyclic amines) is 1. The molecule has 90 valence electrons. The minimum Gasteiger partial charge on any atom is -0.480 e. The van der Waals surface area contributed by atoms with Crippen LogP contribution in [0.25, 0.3) is 0 Å². The number of nitrogens with one attached hydrogen (secondary N) is 1. The Hall–Kier alpha value is -1.52. The van der Waals surface area contributed by atoms with Gasteiger partial charge >= 0.3 is 12.0 Å². The molecule has 1 aliphatic rings. The summed E-state index contributed by atoms with van der Waals surface area (Å²) in [7, 11) is 0. The molecule has 1 fully saturated rings. The fourth-order valence-electron chi connectivity index (χ4n) is 1.87. The summed E-state index contributed by atoms with van der Waals surface area (Å²) in [5.41, 5.74) is 0. The second kappa shape index (κ2) is 5.53. The van der Waals surface area contributed by atoms with Crippen molar-refractivity contribution in [2.75, 3.05) is 6.54 Å². The Bertz CT molecular complexity index is 291. The molecule has 2 N–H and O–H groups in total. The van der Waals surface area contributed by atoms with Crippen LogP contribution >= 0.6 is 0 Å². The van der Waals surface area contributed by atoms with Crippen LogP contribution in [0.1, 0.15) is 26.2 Å². The highest BCUT2D eigenvalue weighted by molar-refractivity contribution is 5.83. The van der Waals surface area contributed by atoms with E-state index < -0.39 is 12.0 Å². The summed E-state index contributed by atoms with van der Waals surface area (Å²) in [6, 6.07) is -0.977. The van der Waals surface area contributed by atoms with E-state index in [1.165, 1.54) is 4.90 Å². The van der Waals surface area contributed by atoms with Gasteiger partial charge in [0.15, 0.2) is 0 Å². The molecule has 0 aromatic rings. The molecule has 2 amide bonds. The summed E-state index contributed by atoms with van der Waals surface area (Å²) in [5.74, 6) is -0.927. The third-order valence-corrected chi connectivity index (χ3v) is 2.69. The largest absolute Gasteiger partial charge is 0.480 e. The number of carboxylic acid groups (broad SMARTS) is 1. The number of amides is 2. The van der Waals surface area contributed by atoms with Crippen molar-refractivity contribution >= 4 is 12.0 Å². The highest BCUT2D eigenvalue weighted by atomic mass is 16.4. The molecule has 16 heavy (non-hydrogen) atoms. The molecule has 0 aromatic heterocycles. The zero-order valence-corrected chi connectivity index (χ0v) is 9.48. The van der Waals surface area contributed by atoms with Gasteiger partial charge in [-0.1, -0.05) is 6.08 Å². The first-order chi connectivity index (χ1) is 7.56. The lowest BCUT2D eigenvalue weighted by molar-refractivity contribution is -0.141. The maximum absolute atomic E-state index is 11.8. The van der Waals surface area contributed by atoms with Gasteiger partial charge in [-0.3, -0.25) is 0 Å². The molecule has 1 saturated heterocycles. The fraction of sp³-hybridized carbons (Fsp3) is 0.636. The maximum atomic E-state index is 11.8. The molecule has 1 unspecified atom stereocenters. The van der Waals surface area contributed by atoms with Gasteiger partial charge in [-0.2, -0.15) is 0 Å². The summed E-state index contributed by atoms with van der Waals surface area (Å²) in [6.07, 6.45) is 3.69. The van der Waals surface area contributed by atoms with Gasteiger partial charge < -0.3 is 15.3 Å². The van der Waals surface area contributed by atoms with Crippen LogP contribution in [-0.2, 0) is 4.79 Å². The average molecular weight is 226 g/mol.